The minimum absolute atomic E-state index is 0.395. The smallest absolute Gasteiger partial charge is 0.0334 e. The second-order valence-electron chi connectivity index (χ2n) is 3.39. The SMILES string of the molecule is C=C(Cl)CSc1ccc(C(C)NC)cc1. The molecule has 3 heteroatoms. The van der Waals surface area contributed by atoms with E-state index in [0.717, 1.165) is 5.75 Å². The minimum atomic E-state index is 0.395. The van der Waals surface area contributed by atoms with Crippen molar-refractivity contribution in [3.63, 3.8) is 0 Å². The molecule has 0 spiro atoms. The van der Waals surface area contributed by atoms with Crippen LogP contribution in [0.1, 0.15) is 18.5 Å². The molecule has 82 valence electrons. The van der Waals surface area contributed by atoms with Crippen LogP contribution in [0.3, 0.4) is 0 Å². The molecule has 0 saturated carbocycles. The van der Waals surface area contributed by atoms with Crippen molar-refractivity contribution < 1.29 is 0 Å². The lowest BCUT2D eigenvalue weighted by Gasteiger charge is -2.10. The van der Waals surface area contributed by atoms with Crippen molar-refractivity contribution in [2.24, 2.45) is 0 Å². The summed E-state index contributed by atoms with van der Waals surface area (Å²) in [7, 11) is 1.96. The first-order valence-corrected chi connectivity index (χ1v) is 6.23. The lowest BCUT2D eigenvalue weighted by Crippen LogP contribution is -2.11. The molecule has 0 aromatic heterocycles. The summed E-state index contributed by atoms with van der Waals surface area (Å²) in [5, 5.41) is 3.90. The van der Waals surface area contributed by atoms with Gasteiger partial charge in [0.05, 0.1) is 0 Å². The number of benzene rings is 1. The van der Waals surface area contributed by atoms with Crippen molar-refractivity contribution in [3.05, 3.63) is 41.4 Å². The first kappa shape index (κ1) is 12.6. The van der Waals surface area contributed by atoms with Crippen molar-refractivity contribution in [2.75, 3.05) is 12.8 Å². The van der Waals surface area contributed by atoms with E-state index in [4.69, 9.17) is 11.6 Å². The van der Waals surface area contributed by atoms with E-state index in [1.807, 2.05) is 7.05 Å². The summed E-state index contributed by atoms with van der Waals surface area (Å²) in [6, 6.07) is 8.91. The summed E-state index contributed by atoms with van der Waals surface area (Å²) < 4.78 is 0. The maximum Gasteiger partial charge on any atom is 0.0334 e. The van der Waals surface area contributed by atoms with E-state index >= 15 is 0 Å². The van der Waals surface area contributed by atoms with Crippen LogP contribution in [0.4, 0.5) is 0 Å². The molecule has 0 aliphatic rings. The molecule has 0 heterocycles. The summed E-state index contributed by atoms with van der Waals surface area (Å²) in [5.41, 5.74) is 1.30. The van der Waals surface area contributed by atoms with Crippen LogP contribution in [0, 0.1) is 0 Å². The molecule has 1 unspecified atom stereocenters. The highest BCUT2D eigenvalue weighted by Gasteiger charge is 2.02. The molecule has 1 nitrogen and oxygen atoms in total. The predicted octanol–water partition coefficient (Wildman–Crippen LogP) is 3.81. The lowest BCUT2D eigenvalue weighted by molar-refractivity contribution is 0.652. The van der Waals surface area contributed by atoms with Crippen LogP contribution in [0.15, 0.2) is 40.8 Å². The standard InChI is InChI=1S/C12H16ClNS/c1-9(13)8-15-12-6-4-11(5-7-12)10(2)14-3/h4-7,10,14H,1,8H2,2-3H3. The van der Waals surface area contributed by atoms with E-state index in [-0.39, 0.29) is 0 Å². The number of hydrogen-bond acceptors (Lipinski definition) is 2. The van der Waals surface area contributed by atoms with Crippen molar-refractivity contribution in [1.29, 1.82) is 0 Å². The second-order valence-corrected chi connectivity index (χ2v) is 4.97. The zero-order chi connectivity index (χ0) is 11.3. The topological polar surface area (TPSA) is 12.0 Å². The Morgan fingerprint density at radius 2 is 2.07 bits per heavy atom. The number of rotatable bonds is 5. The molecule has 1 rings (SSSR count). The molecule has 15 heavy (non-hydrogen) atoms. The van der Waals surface area contributed by atoms with Gasteiger partial charge in [-0.05, 0) is 31.7 Å². The Morgan fingerprint density at radius 1 is 1.47 bits per heavy atom. The second kappa shape index (κ2) is 6.21. The summed E-state index contributed by atoms with van der Waals surface area (Å²) in [6.45, 7) is 5.81. The van der Waals surface area contributed by atoms with Crippen molar-refractivity contribution in [3.8, 4) is 0 Å². The maximum atomic E-state index is 5.71. The van der Waals surface area contributed by atoms with Crippen LogP contribution in [-0.2, 0) is 0 Å². The fourth-order valence-corrected chi connectivity index (χ4v) is 2.00. The Bertz CT molecular complexity index is 321. The summed E-state index contributed by atoms with van der Waals surface area (Å²) >= 11 is 7.41. The van der Waals surface area contributed by atoms with Crippen LogP contribution < -0.4 is 5.32 Å². The first-order chi connectivity index (χ1) is 7.13. The van der Waals surface area contributed by atoms with Crippen LogP contribution in [-0.4, -0.2) is 12.8 Å². The molecule has 1 aromatic rings. The summed E-state index contributed by atoms with van der Waals surface area (Å²) in [4.78, 5) is 1.23. The van der Waals surface area contributed by atoms with E-state index in [9.17, 15) is 0 Å². The van der Waals surface area contributed by atoms with Crippen LogP contribution in [0.2, 0.25) is 0 Å². The van der Waals surface area contributed by atoms with E-state index in [2.05, 4.69) is 43.1 Å². The molecule has 1 aromatic carbocycles. The fraction of sp³-hybridized carbons (Fsp3) is 0.333. The van der Waals surface area contributed by atoms with Gasteiger partial charge in [-0.3, -0.25) is 0 Å². The summed E-state index contributed by atoms with van der Waals surface area (Å²) in [6.07, 6.45) is 0. The molecule has 0 radical (unpaired) electrons. The molecular formula is C12H16ClNS. The van der Waals surface area contributed by atoms with Crippen molar-refractivity contribution in [2.45, 2.75) is 17.9 Å². The van der Waals surface area contributed by atoms with Gasteiger partial charge in [0, 0.05) is 21.7 Å². The molecule has 1 N–H and O–H groups in total. The normalized spacial score (nSPS) is 12.5. The molecule has 0 amide bonds. The average molecular weight is 242 g/mol. The van der Waals surface area contributed by atoms with E-state index in [1.165, 1.54) is 10.5 Å². The minimum Gasteiger partial charge on any atom is -0.313 e. The van der Waals surface area contributed by atoms with Gasteiger partial charge in [-0.25, -0.2) is 0 Å². The van der Waals surface area contributed by atoms with Crippen LogP contribution in [0.25, 0.3) is 0 Å². The molecule has 0 bridgehead atoms. The quantitative estimate of drug-likeness (QED) is 0.787. The monoisotopic (exact) mass is 241 g/mol. The van der Waals surface area contributed by atoms with Gasteiger partial charge >= 0.3 is 0 Å². The van der Waals surface area contributed by atoms with Gasteiger partial charge in [0.15, 0.2) is 0 Å². The third kappa shape index (κ3) is 4.29. The molecule has 0 fully saturated rings. The van der Waals surface area contributed by atoms with E-state index in [0.29, 0.717) is 11.1 Å². The van der Waals surface area contributed by atoms with Gasteiger partial charge in [0.2, 0.25) is 0 Å². The van der Waals surface area contributed by atoms with Gasteiger partial charge in [-0.1, -0.05) is 30.3 Å². The Hall–Kier alpha value is -0.440. The average Bonchev–Trinajstić information content (AvgIpc) is 2.26. The number of nitrogens with one attached hydrogen (secondary N) is 1. The Morgan fingerprint density at radius 3 is 2.53 bits per heavy atom. The fourth-order valence-electron chi connectivity index (χ4n) is 1.18. The van der Waals surface area contributed by atoms with E-state index in [1.54, 1.807) is 11.8 Å². The predicted molar refractivity (Wildman–Crippen MR) is 69.6 cm³/mol. The zero-order valence-corrected chi connectivity index (χ0v) is 10.7. The highest BCUT2D eigenvalue weighted by Crippen LogP contribution is 2.23. The van der Waals surface area contributed by atoms with Gasteiger partial charge in [0.25, 0.3) is 0 Å². The molecule has 0 saturated heterocycles. The number of thioether (sulfide) groups is 1. The molecular weight excluding hydrogens is 226 g/mol. The third-order valence-corrected chi connectivity index (χ3v) is 3.60. The highest BCUT2D eigenvalue weighted by molar-refractivity contribution is 7.99. The highest BCUT2D eigenvalue weighted by atomic mass is 35.5. The first-order valence-electron chi connectivity index (χ1n) is 4.86. The van der Waals surface area contributed by atoms with Crippen molar-refractivity contribution >= 4 is 23.4 Å². The summed E-state index contributed by atoms with van der Waals surface area (Å²) in [5.74, 6) is 0.766. The Kier molecular flexibility index (Phi) is 5.23. The van der Waals surface area contributed by atoms with Crippen molar-refractivity contribution in [1.82, 2.24) is 5.32 Å². The zero-order valence-electron chi connectivity index (χ0n) is 9.09. The number of halogens is 1. The largest absolute Gasteiger partial charge is 0.313 e. The number of hydrogen-bond donors (Lipinski definition) is 1. The van der Waals surface area contributed by atoms with Gasteiger partial charge in [0.1, 0.15) is 0 Å². The van der Waals surface area contributed by atoms with Gasteiger partial charge < -0.3 is 5.32 Å². The van der Waals surface area contributed by atoms with Gasteiger partial charge in [-0.2, -0.15) is 0 Å². The van der Waals surface area contributed by atoms with Gasteiger partial charge in [-0.15, -0.1) is 11.8 Å². The Balaban J connectivity index is 2.60. The third-order valence-electron chi connectivity index (χ3n) is 2.21. The lowest BCUT2D eigenvalue weighted by atomic mass is 10.1. The maximum absolute atomic E-state index is 5.71. The van der Waals surface area contributed by atoms with E-state index < -0.39 is 0 Å². The molecule has 0 aliphatic carbocycles. The Labute approximate surface area is 101 Å². The van der Waals surface area contributed by atoms with Crippen LogP contribution in [0.5, 0.6) is 0 Å². The molecule has 1 atom stereocenters. The molecule has 0 aliphatic heterocycles. The van der Waals surface area contributed by atoms with Crippen LogP contribution >= 0.6 is 23.4 Å².